The van der Waals surface area contributed by atoms with Crippen LogP contribution >= 0.6 is 0 Å². The number of Topliss-reactive ketones (excluding diaryl/α,β-unsaturated/α-hetero) is 1. The highest BCUT2D eigenvalue weighted by Crippen LogP contribution is 2.33. The number of rotatable bonds is 5. The number of methoxy groups -OCH3 is 1. The van der Waals surface area contributed by atoms with Gasteiger partial charge in [-0.15, -0.1) is 0 Å². The van der Waals surface area contributed by atoms with Crippen LogP contribution in [0.25, 0.3) is 0 Å². The molecule has 2 heteroatoms. The van der Waals surface area contributed by atoms with Crippen LogP contribution in [0.15, 0.2) is 0 Å². The molecule has 1 aliphatic carbocycles. The third kappa shape index (κ3) is 3.04. The SMILES string of the molecule is CCC(C)CC(=O)C1(OC)CCCCC1. The maximum atomic E-state index is 12.2. The fraction of sp³-hybridized carbons (Fsp3) is 0.923. The van der Waals surface area contributed by atoms with Crippen LogP contribution in [-0.2, 0) is 9.53 Å². The molecule has 0 aromatic heterocycles. The van der Waals surface area contributed by atoms with Crippen molar-refractivity contribution in [1.29, 1.82) is 0 Å². The van der Waals surface area contributed by atoms with E-state index in [0.717, 1.165) is 32.1 Å². The molecule has 1 unspecified atom stereocenters. The first-order chi connectivity index (χ1) is 7.14. The molecule has 0 amide bonds. The summed E-state index contributed by atoms with van der Waals surface area (Å²) in [4.78, 5) is 12.2. The zero-order valence-electron chi connectivity index (χ0n) is 10.3. The van der Waals surface area contributed by atoms with Crippen LogP contribution in [0.1, 0.15) is 58.8 Å². The first-order valence-corrected chi connectivity index (χ1v) is 6.23. The fourth-order valence-electron chi connectivity index (χ4n) is 2.37. The molecular weight excluding hydrogens is 188 g/mol. The Morgan fingerprint density at radius 1 is 1.33 bits per heavy atom. The molecule has 0 aromatic rings. The molecule has 88 valence electrons. The minimum Gasteiger partial charge on any atom is -0.370 e. The second-order valence-electron chi connectivity index (χ2n) is 4.90. The van der Waals surface area contributed by atoms with Gasteiger partial charge in [-0.1, -0.05) is 39.5 Å². The number of hydrogen-bond donors (Lipinski definition) is 0. The smallest absolute Gasteiger partial charge is 0.164 e. The molecule has 0 radical (unpaired) electrons. The Balaban J connectivity index is 2.59. The molecule has 0 N–H and O–H groups in total. The molecule has 0 aliphatic heterocycles. The average molecular weight is 212 g/mol. The Bertz CT molecular complexity index is 205. The second-order valence-corrected chi connectivity index (χ2v) is 4.90. The maximum Gasteiger partial charge on any atom is 0.164 e. The first-order valence-electron chi connectivity index (χ1n) is 6.23. The van der Waals surface area contributed by atoms with E-state index >= 15 is 0 Å². The van der Waals surface area contributed by atoms with Crippen LogP contribution in [0.2, 0.25) is 0 Å². The summed E-state index contributed by atoms with van der Waals surface area (Å²) in [5, 5.41) is 0. The molecule has 0 bridgehead atoms. The van der Waals surface area contributed by atoms with Gasteiger partial charge in [0.2, 0.25) is 0 Å². The molecule has 0 aromatic carbocycles. The normalized spacial score (nSPS) is 22.3. The van der Waals surface area contributed by atoms with Crippen LogP contribution < -0.4 is 0 Å². The van der Waals surface area contributed by atoms with Gasteiger partial charge in [0, 0.05) is 13.5 Å². The van der Waals surface area contributed by atoms with E-state index in [1.165, 1.54) is 6.42 Å². The average Bonchev–Trinajstić information content (AvgIpc) is 2.29. The number of ketones is 1. The second kappa shape index (κ2) is 5.64. The van der Waals surface area contributed by atoms with Gasteiger partial charge in [-0.05, 0) is 18.8 Å². The van der Waals surface area contributed by atoms with Gasteiger partial charge in [0.25, 0.3) is 0 Å². The highest BCUT2D eigenvalue weighted by molar-refractivity contribution is 5.87. The van der Waals surface area contributed by atoms with Crippen molar-refractivity contribution in [3.63, 3.8) is 0 Å². The third-order valence-corrected chi connectivity index (χ3v) is 3.79. The Labute approximate surface area is 93.4 Å². The molecule has 1 aliphatic rings. The lowest BCUT2D eigenvalue weighted by Gasteiger charge is -2.35. The largest absolute Gasteiger partial charge is 0.370 e. The van der Waals surface area contributed by atoms with Crippen LogP contribution in [-0.4, -0.2) is 18.5 Å². The molecule has 0 saturated heterocycles. The van der Waals surface area contributed by atoms with E-state index < -0.39 is 5.60 Å². The third-order valence-electron chi connectivity index (χ3n) is 3.79. The van der Waals surface area contributed by atoms with Crippen molar-refractivity contribution in [2.75, 3.05) is 7.11 Å². The maximum absolute atomic E-state index is 12.2. The number of carbonyl (C=O) groups is 1. The van der Waals surface area contributed by atoms with E-state index in [9.17, 15) is 4.79 Å². The molecule has 15 heavy (non-hydrogen) atoms. The van der Waals surface area contributed by atoms with Gasteiger partial charge >= 0.3 is 0 Å². The van der Waals surface area contributed by atoms with Gasteiger partial charge in [0.05, 0.1) is 0 Å². The summed E-state index contributed by atoms with van der Waals surface area (Å²) in [5.74, 6) is 0.825. The molecule has 0 heterocycles. The van der Waals surface area contributed by atoms with Gasteiger partial charge < -0.3 is 4.74 Å². The molecule has 1 rings (SSSR count). The Morgan fingerprint density at radius 3 is 2.40 bits per heavy atom. The van der Waals surface area contributed by atoms with E-state index in [4.69, 9.17) is 4.74 Å². The number of carbonyl (C=O) groups excluding carboxylic acids is 1. The van der Waals surface area contributed by atoms with Gasteiger partial charge in [0.15, 0.2) is 5.78 Å². The van der Waals surface area contributed by atoms with Gasteiger partial charge in [-0.3, -0.25) is 4.79 Å². The van der Waals surface area contributed by atoms with E-state index in [0.29, 0.717) is 18.1 Å². The van der Waals surface area contributed by atoms with Gasteiger partial charge in [-0.2, -0.15) is 0 Å². The predicted octanol–water partition coefficient (Wildman–Crippen LogP) is 3.34. The van der Waals surface area contributed by atoms with Crippen LogP contribution in [0.4, 0.5) is 0 Å². The Kier molecular flexibility index (Phi) is 4.78. The topological polar surface area (TPSA) is 26.3 Å². The summed E-state index contributed by atoms with van der Waals surface area (Å²) in [6.45, 7) is 4.28. The Morgan fingerprint density at radius 2 is 1.93 bits per heavy atom. The highest BCUT2D eigenvalue weighted by atomic mass is 16.5. The van der Waals surface area contributed by atoms with Crippen molar-refractivity contribution >= 4 is 5.78 Å². The molecule has 1 saturated carbocycles. The van der Waals surface area contributed by atoms with Crippen molar-refractivity contribution in [3.05, 3.63) is 0 Å². The van der Waals surface area contributed by atoms with E-state index in [1.807, 2.05) is 0 Å². The zero-order valence-corrected chi connectivity index (χ0v) is 10.3. The summed E-state index contributed by atoms with van der Waals surface area (Å²) in [7, 11) is 1.69. The van der Waals surface area contributed by atoms with Crippen molar-refractivity contribution in [2.24, 2.45) is 5.92 Å². The Hall–Kier alpha value is -0.370. The van der Waals surface area contributed by atoms with Gasteiger partial charge in [0.1, 0.15) is 5.60 Å². The van der Waals surface area contributed by atoms with Crippen molar-refractivity contribution in [1.82, 2.24) is 0 Å². The van der Waals surface area contributed by atoms with E-state index in [1.54, 1.807) is 7.11 Å². The standard InChI is InChI=1S/C13H24O2/c1-4-11(2)10-12(14)13(15-3)8-6-5-7-9-13/h11H,4-10H2,1-3H3. The fourth-order valence-corrected chi connectivity index (χ4v) is 2.37. The summed E-state index contributed by atoms with van der Waals surface area (Å²) < 4.78 is 5.54. The van der Waals surface area contributed by atoms with E-state index in [-0.39, 0.29) is 0 Å². The lowest BCUT2D eigenvalue weighted by molar-refractivity contribution is -0.146. The molecule has 1 atom stereocenters. The lowest BCUT2D eigenvalue weighted by Crippen LogP contribution is -2.43. The summed E-state index contributed by atoms with van der Waals surface area (Å²) in [6, 6.07) is 0. The van der Waals surface area contributed by atoms with Crippen LogP contribution in [0, 0.1) is 5.92 Å². The zero-order chi connectivity index (χ0) is 11.3. The van der Waals surface area contributed by atoms with Crippen molar-refractivity contribution < 1.29 is 9.53 Å². The van der Waals surface area contributed by atoms with E-state index in [2.05, 4.69) is 13.8 Å². The summed E-state index contributed by atoms with van der Waals surface area (Å²) >= 11 is 0. The van der Waals surface area contributed by atoms with Crippen molar-refractivity contribution in [3.8, 4) is 0 Å². The van der Waals surface area contributed by atoms with Crippen molar-refractivity contribution in [2.45, 2.75) is 64.4 Å². The highest BCUT2D eigenvalue weighted by Gasteiger charge is 2.39. The summed E-state index contributed by atoms with van der Waals surface area (Å²) in [5.41, 5.74) is -0.429. The molecule has 2 nitrogen and oxygen atoms in total. The van der Waals surface area contributed by atoms with Gasteiger partial charge in [-0.25, -0.2) is 0 Å². The molecular formula is C13H24O2. The number of hydrogen-bond acceptors (Lipinski definition) is 2. The predicted molar refractivity (Wildman–Crippen MR) is 61.9 cm³/mol. The first kappa shape index (κ1) is 12.7. The van der Waals surface area contributed by atoms with Crippen LogP contribution in [0.3, 0.4) is 0 Å². The quantitative estimate of drug-likeness (QED) is 0.698. The minimum atomic E-state index is -0.429. The molecule has 0 spiro atoms. The summed E-state index contributed by atoms with van der Waals surface area (Å²) in [6.07, 6.45) is 7.15. The monoisotopic (exact) mass is 212 g/mol. The minimum absolute atomic E-state index is 0.332. The number of ether oxygens (including phenoxy) is 1. The van der Waals surface area contributed by atoms with Crippen LogP contribution in [0.5, 0.6) is 0 Å². The lowest BCUT2D eigenvalue weighted by atomic mass is 9.79. The molecule has 1 fully saturated rings.